The van der Waals surface area contributed by atoms with Crippen molar-refractivity contribution in [3.8, 4) is 11.3 Å². The van der Waals surface area contributed by atoms with Crippen LogP contribution in [0.15, 0.2) is 36.8 Å². The molecule has 1 saturated heterocycles. The van der Waals surface area contributed by atoms with Gasteiger partial charge in [0.25, 0.3) is 0 Å². The number of hydrogen-bond donors (Lipinski definition) is 2. The molecule has 9 heteroatoms. The Labute approximate surface area is 154 Å². The third-order valence-corrected chi connectivity index (χ3v) is 5.53. The number of imidazole rings is 1. The smallest absolute Gasteiger partial charge is 0.243 e. The van der Waals surface area contributed by atoms with Crippen LogP contribution < -0.4 is 10.6 Å². The molecule has 2 aliphatic rings. The number of nitrogens with one attached hydrogen (secondary N) is 2. The minimum atomic E-state index is 0.418. The van der Waals surface area contributed by atoms with Gasteiger partial charge < -0.3 is 15.4 Å². The highest BCUT2D eigenvalue weighted by atomic mass is 16.5. The minimum absolute atomic E-state index is 0.418. The van der Waals surface area contributed by atoms with Gasteiger partial charge >= 0.3 is 0 Å². The molecule has 9 nitrogen and oxygen atoms in total. The molecule has 0 amide bonds. The maximum absolute atomic E-state index is 5.45. The highest BCUT2D eigenvalue weighted by Gasteiger charge is 2.54. The molecule has 0 spiro atoms. The van der Waals surface area contributed by atoms with Crippen molar-refractivity contribution in [3.05, 3.63) is 36.8 Å². The number of nitrogens with zero attached hydrogens (tertiary/aromatic N) is 6. The predicted octanol–water partition coefficient (Wildman–Crippen LogP) is 1.54. The Bertz CT molecular complexity index is 1150. The molecule has 2 fully saturated rings. The van der Waals surface area contributed by atoms with E-state index in [2.05, 4.69) is 25.8 Å². The average molecular weight is 362 g/mol. The summed E-state index contributed by atoms with van der Waals surface area (Å²) in [5.74, 6) is 2.58. The summed E-state index contributed by atoms with van der Waals surface area (Å²) in [6.07, 6.45) is 5.52. The molecule has 3 atom stereocenters. The first kappa shape index (κ1) is 14.9. The molecule has 0 bridgehead atoms. The second-order valence-electron chi connectivity index (χ2n) is 7.04. The lowest BCUT2D eigenvalue weighted by atomic mass is 10.2. The molecule has 5 heterocycles. The van der Waals surface area contributed by atoms with Crippen LogP contribution in [0, 0.1) is 11.8 Å². The maximum atomic E-state index is 5.45. The molecule has 4 aromatic heterocycles. The number of fused-ring (bicyclic) bond motifs is 3. The third kappa shape index (κ3) is 2.21. The topological polar surface area (TPSA) is 93.7 Å². The minimum Gasteiger partial charge on any atom is -0.381 e. The number of hydrogen-bond acceptors (Lipinski definition) is 7. The van der Waals surface area contributed by atoms with Crippen LogP contribution in [-0.4, -0.2) is 55.5 Å². The van der Waals surface area contributed by atoms with Gasteiger partial charge in [0.15, 0.2) is 11.5 Å². The Morgan fingerprint density at radius 1 is 1.07 bits per heavy atom. The van der Waals surface area contributed by atoms with Crippen LogP contribution in [-0.2, 0) is 4.74 Å². The van der Waals surface area contributed by atoms with Gasteiger partial charge in [-0.3, -0.25) is 0 Å². The van der Waals surface area contributed by atoms with Crippen molar-refractivity contribution in [1.82, 2.24) is 29.2 Å². The highest BCUT2D eigenvalue weighted by Crippen LogP contribution is 2.45. The van der Waals surface area contributed by atoms with E-state index in [9.17, 15) is 0 Å². The molecular weight excluding hydrogens is 344 g/mol. The Morgan fingerprint density at radius 3 is 2.81 bits per heavy atom. The zero-order valence-electron chi connectivity index (χ0n) is 14.7. The van der Waals surface area contributed by atoms with Crippen molar-refractivity contribution in [2.24, 2.45) is 11.8 Å². The van der Waals surface area contributed by atoms with Gasteiger partial charge in [-0.15, -0.1) is 5.10 Å². The van der Waals surface area contributed by atoms with E-state index in [-0.39, 0.29) is 0 Å². The summed E-state index contributed by atoms with van der Waals surface area (Å²) in [7, 11) is 1.87. The van der Waals surface area contributed by atoms with Crippen LogP contribution in [0.3, 0.4) is 0 Å². The van der Waals surface area contributed by atoms with E-state index in [1.54, 1.807) is 10.7 Å². The zero-order chi connectivity index (χ0) is 18.0. The van der Waals surface area contributed by atoms with Gasteiger partial charge in [-0.1, -0.05) is 0 Å². The fourth-order valence-electron chi connectivity index (χ4n) is 4.03. The van der Waals surface area contributed by atoms with Crippen molar-refractivity contribution in [3.63, 3.8) is 0 Å². The molecular formula is C18H18N8O. The van der Waals surface area contributed by atoms with Gasteiger partial charge in [-0.25, -0.2) is 14.0 Å². The van der Waals surface area contributed by atoms with E-state index in [0.29, 0.717) is 23.8 Å². The number of aromatic nitrogens is 6. The quantitative estimate of drug-likeness (QED) is 0.569. The predicted molar refractivity (Wildman–Crippen MR) is 99.7 cm³/mol. The van der Waals surface area contributed by atoms with Crippen LogP contribution in [0.1, 0.15) is 0 Å². The van der Waals surface area contributed by atoms with Crippen molar-refractivity contribution in [1.29, 1.82) is 0 Å². The molecule has 1 aliphatic heterocycles. The fraction of sp³-hybridized carbons (Fsp3) is 0.333. The summed E-state index contributed by atoms with van der Waals surface area (Å²) in [4.78, 5) is 8.94. The lowest BCUT2D eigenvalue weighted by Gasteiger charge is -2.11. The van der Waals surface area contributed by atoms with E-state index in [4.69, 9.17) is 9.72 Å². The van der Waals surface area contributed by atoms with Crippen molar-refractivity contribution >= 4 is 22.9 Å². The van der Waals surface area contributed by atoms with Crippen LogP contribution in [0.4, 0.5) is 11.8 Å². The Morgan fingerprint density at radius 2 is 1.96 bits per heavy atom. The van der Waals surface area contributed by atoms with Gasteiger partial charge in [0, 0.05) is 49.1 Å². The molecule has 1 unspecified atom stereocenters. The molecule has 27 heavy (non-hydrogen) atoms. The second kappa shape index (κ2) is 5.40. The molecule has 2 N–H and O–H groups in total. The van der Waals surface area contributed by atoms with Gasteiger partial charge in [-0.05, 0) is 18.2 Å². The molecule has 0 aromatic carbocycles. The summed E-state index contributed by atoms with van der Waals surface area (Å²) in [5.41, 5.74) is 3.53. The summed E-state index contributed by atoms with van der Waals surface area (Å²) < 4.78 is 9.07. The van der Waals surface area contributed by atoms with Gasteiger partial charge in [-0.2, -0.15) is 10.1 Å². The zero-order valence-corrected chi connectivity index (χ0v) is 14.7. The third-order valence-electron chi connectivity index (χ3n) is 5.53. The normalized spacial score (nSPS) is 23.7. The van der Waals surface area contributed by atoms with Gasteiger partial charge in [0.05, 0.1) is 18.9 Å². The summed E-state index contributed by atoms with van der Waals surface area (Å²) >= 11 is 0. The Kier molecular flexibility index (Phi) is 2.98. The Balaban J connectivity index is 1.41. The molecule has 0 radical (unpaired) electrons. The standard InChI is InChI=1S/C18H18N8O/c1-19-17-16-10(13-2-3-14-20-5-7-25(14)23-13)4-6-26(16)24-18(22-17)21-15-11-8-27-9-12(11)15/h2-7,11-12,15H,8-9H2,1H3,(H2,19,21,22,24)/t11-,12+,15?. The van der Waals surface area contributed by atoms with Gasteiger partial charge in [0.1, 0.15) is 5.52 Å². The molecule has 4 aromatic rings. The van der Waals surface area contributed by atoms with E-state index < -0.39 is 0 Å². The van der Waals surface area contributed by atoms with E-state index in [1.807, 2.05) is 42.2 Å². The van der Waals surface area contributed by atoms with Crippen molar-refractivity contribution < 1.29 is 4.74 Å². The monoisotopic (exact) mass is 362 g/mol. The lowest BCUT2D eigenvalue weighted by Crippen LogP contribution is -2.16. The lowest BCUT2D eigenvalue weighted by molar-refractivity contribution is 0.162. The molecule has 1 saturated carbocycles. The largest absolute Gasteiger partial charge is 0.381 e. The average Bonchev–Trinajstić information content (AvgIpc) is 3.20. The molecule has 1 aliphatic carbocycles. The molecule has 136 valence electrons. The number of ether oxygens (including phenoxy) is 1. The second-order valence-corrected chi connectivity index (χ2v) is 7.04. The maximum Gasteiger partial charge on any atom is 0.243 e. The van der Waals surface area contributed by atoms with Gasteiger partial charge in [0.2, 0.25) is 5.95 Å². The summed E-state index contributed by atoms with van der Waals surface area (Å²) in [5, 5.41) is 16.0. The molecule has 6 rings (SSSR count). The summed E-state index contributed by atoms with van der Waals surface area (Å²) in [6, 6.07) is 6.35. The van der Waals surface area contributed by atoms with Crippen LogP contribution >= 0.6 is 0 Å². The van der Waals surface area contributed by atoms with E-state index in [0.717, 1.165) is 41.5 Å². The van der Waals surface area contributed by atoms with Crippen LogP contribution in [0.25, 0.3) is 22.4 Å². The van der Waals surface area contributed by atoms with Crippen LogP contribution in [0.2, 0.25) is 0 Å². The van der Waals surface area contributed by atoms with E-state index in [1.165, 1.54) is 0 Å². The number of anilines is 2. The first-order chi connectivity index (χ1) is 13.3. The van der Waals surface area contributed by atoms with E-state index >= 15 is 0 Å². The van der Waals surface area contributed by atoms with Crippen molar-refractivity contribution in [2.75, 3.05) is 30.9 Å². The van der Waals surface area contributed by atoms with Crippen molar-refractivity contribution in [2.45, 2.75) is 6.04 Å². The summed E-state index contributed by atoms with van der Waals surface area (Å²) in [6.45, 7) is 1.67. The SMILES string of the molecule is CNc1nc(NC2[C@H]3COC[C@@H]23)nn2ccc(-c3ccc4nccn4n3)c12. The highest BCUT2D eigenvalue weighted by molar-refractivity contribution is 5.87. The number of rotatable bonds is 4. The first-order valence-electron chi connectivity index (χ1n) is 9.04. The Hall–Kier alpha value is -3.20. The fourth-order valence-corrected chi connectivity index (χ4v) is 4.03. The van der Waals surface area contributed by atoms with Crippen LogP contribution in [0.5, 0.6) is 0 Å². The first-order valence-corrected chi connectivity index (χ1v) is 9.04.